The van der Waals surface area contributed by atoms with Crippen LogP contribution in [0.3, 0.4) is 0 Å². The lowest BCUT2D eigenvalue weighted by atomic mass is 9.93. The molecule has 118 valence electrons. The van der Waals surface area contributed by atoms with Crippen LogP contribution in [0.15, 0.2) is 54.6 Å². The van der Waals surface area contributed by atoms with Gasteiger partial charge in [0.15, 0.2) is 0 Å². The van der Waals surface area contributed by atoms with Crippen molar-refractivity contribution in [1.29, 1.82) is 0 Å². The van der Waals surface area contributed by atoms with E-state index >= 15 is 0 Å². The lowest BCUT2D eigenvalue weighted by molar-refractivity contribution is 0.293. The maximum Gasteiger partial charge on any atom is 0.264 e. The molecule has 0 N–H and O–H groups in total. The van der Waals surface area contributed by atoms with Gasteiger partial charge in [0.25, 0.3) is 10.1 Å². The third-order valence-electron chi connectivity index (χ3n) is 3.40. The highest BCUT2D eigenvalue weighted by atomic mass is 32.2. The van der Waals surface area contributed by atoms with Crippen LogP contribution in [-0.2, 0) is 20.7 Å². The minimum absolute atomic E-state index is 0.0238. The van der Waals surface area contributed by atoms with Crippen molar-refractivity contribution in [1.82, 2.24) is 0 Å². The Morgan fingerprint density at radius 1 is 1.00 bits per heavy atom. The molecule has 2 aromatic rings. The summed E-state index contributed by atoms with van der Waals surface area (Å²) in [7, 11) is -1.82. The number of hydrogen-bond donors (Lipinski definition) is 0. The van der Waals surface area contributed by atoms with Crippen LogP contribution in [0.25, 0.3) is 0 Å². The van der Waals surface area contributed by atoms with E-state index in [2.05, 4.69) is 0 Å². The third-order valence-corrected chi connectivity index (χ3v) is 3.96. The van der Waals surface area contributed by atoms with Gasteiger partial charge in [-0.25, -0.2) is 0 Å². The quantitative estimate of drug-likeness (QED) is 0.736. The monoisotopic (exact) mass is 320 g/mol. The van der Waals surface area contributed by atoms with Crippen molar-refractivity contribution in [3.63, 3.8) is 0 Å². The molecule has 1 unspecified atom stereocenters. The molecule has 0 aromatic heterocycles. The van der Waals surface area contributed by atoms with E-state index in [9.17, 15) is 8.42 Å². The van der Waals surface area contributed by atoms with Crippen molar-refractivity contribution in [2.75, 3.05) is 20.0 Å². The Kier molecular flexibility index (Phi) is 5.57. The van der Waals surface area contributed by atoms with Gasteiger partial charge in [-0.15, -0.1) is 0 Å². The van der Waals surface area contributed by atoms with Gasteiger partial charge < -0.3 is 4.74 Å². The van der Waals surface area contributed by atoms with Crippen molar-refractivity contribution in [2.24, 2.45) is 0 Å². The van der Waals surface area contributed by atoms with E-state index in [4.69, 9.17) is 8.92 Å². The maximum absolute atomic E-state index is 11.3. The fourth-order valence-electron chi connectivity index (χ4n) is 2.25. The highest BCUT2D eigenvalue weighted by Crippen LogP contribution is 2.23. The average Bonchev–Trinajstić information content (AvgIpc) is 2.52. The molecular weight excluding hydrogens is 300 g/mol. The summed E-state index contributed by atoms with van der Waals surface area (Å²) in [6, 6.07) is 17.5. The van der Waals surface area contributed by atoms with Gasteiger partial charge in [-0.3, -0.25) is 4.18 Å². The molecule has 2 rings (SSSR count). The molecular formula is C17H20O4S. The molecule has 22 heavy (non-hydrogen) atoms. The number of rotatable bonds is 7. The van der Waals surface area contributed by atoms with Gasteiger partial charge in [0.1, 0.15) is 5.75 Å². The molecule has 0 amide bonds. The largest absolute Gasteiger partial charge is 0.497 e. The molecule has 0 radical (unpaired) electrons. The fraction of sp³-hybridized carbons (Fsp3) is 0.294. The summed E-state index contributed by atoms with van der Waals surface area (Å²) in [5, 5.41) is 0. The van der Waals surface area contributed by atoms with Gasteiger partial charge in [-0.1, -0.05) is 42.5 Å². The van der Waals surface area contributed by atoms with Crippen molar-refractivity contribution >= 4 is 10.1 Å². The Labute approximate surface area is 131 Å². The second-order valence-electron chi connectivity index (χ2n) is 5.15. The predicted molar refractivity (Wildman–Crippen MR) is 86.7 cm³/mol. The van der Waals surface area contributed by atoms with Crippen molar-refractivity contribution in [2.45, 2.75) is 12.3 Å². The number of methoxy groups -OCH3 is 1. The first-order chi connectivity index (χ1) is 10.5. The molecule has 2 aromatic carbocycles. The molecule has 0 aliphatic carbocycles. The Hall–Kier alpha value is -1.85. The molecule has 0 fully saturated rings. The predicted octanol–water partition coefficient (Wildman–Crippen LogP) is 3.00. The Balaban J connectivity index is 2.16. The Morgan fingerprint density at radius 2 is 1.64 bits per heavy atom. The second kappa shape index (κ2) is 7.42. The summed E-state index contributed by atoms with van der Waals surface area (Å²) in [5.74, 6) is 0.775. The summed E-state index contributed by atoms with van der Waals surface area (Å²) < 4.78 is 32.7. The zero-order chi connectivity index (χ0) is 16.0. The fourth-order valence-corrected chi connectivity index (χ4v) is 2.66. The lowest BCUT2D eigenvalue weighted by Crippen LogP contribution is -2.14. The van der Waals surface area contributed by atoms with Crippen LogP contribution < -0.4 is 4.74 Å². The maximum atomic E-state index is 11.3. The number of hydrogen-bond acceptors (Lipinski definition) is 4. The van der Waals surface area contributed by atoms with Crippen LogP contribution in [0.4, 0.5) is 0 Å². The van der Waals surface area contributed by atoms with Crippen molar-refractivity contribution in [3.05, 3.63) is 65.7 Å². The zero-order valence-corrected chi connectivity index (χ0v) is 13.5. The molecule has 0 aliphatic rings. The number of benzene rings is 2. The first-order valence-corrected chi connectivity index (χ1v) is 8.82. The van der Waals surface area contributed by atoms with E-state index in [-0.39, 0.29) is 12.5 Å². The Bertz CT molecular complexity index is 678. The van der Waals surface area contributed by atoms with Crippen LogP contribution in [0.2, 0.25) is 0 Å². The van der Waals surface area contributed by atoms with Crippen LogP contribution in [0.1, 0.15) is 17.0 Å². The molecule has 5 heteroatoms. The van der Waals surface area contributed by atoms with Gasteiger partial charge in [0, 0.05) is 5.92 Å². The van der Waals surface area contributed by atoms with E-state index in [0.29, 0.717) is 6.42 Å². The molecule has 4 nitrogen and oxygen atoms in total. The molecule has 0 saturated heterocycles. The summed E-state index contributed by atoms with van der Waals surface area (Å²) >= 11 is 0. The molecule has 0 saturated carbocycles. The topological polar surface area (TPSA) is 52.6 Å². The molecule has 0 aliphatic heterocycles. The van der Waals surface area contributed by atoms with Crippen molar-refractivity contribution in [3.8, 4) is 5.75 Å². The summed E-state index contributed by atoms with van der Waals surface area (Å²) in [6.45, 7) is 0.134. The number of ether oxygens (including phenoxy) is 1. The zero-order valence-electron chi connectivity index (χ0n) is 12.7. The average molecular weight is 320 g/mol. The standard InChI is InChI=1S/C17H20O4S/c1-20-17-10-8-14(9-11-17)12-16(13-21-22(2,18)19)15-6-4-3-5-7-15/h3-11,16H,12-13H2,1-2H3. The van der Waals surface area contributed by atoms with E-state index in [0.717, 1.165) is 23.1 Å². The minimum Gasteiger partial charge on any atom is -0.497 e. The lowest BCUT2D eigenvalue weighted by Gasteiger charge is -2.17. The van der Waals surface area contributed by atoms with Gasteiger partial charge in [0.05, 0.1) is 20.0 Å². The van der Waals surface area contributed by atoms with Crippen LogP contribution in [0.5, 0.6) is 5.75 Å². The van der Waals surface area contributed by atoms with Gasteiger partial charge >= 0.3 is 0 Å². The second-order valence-corrected chi connectivity index (χ2v) is 6.79. The van der Waals surface area contributed by atoms with E-state index in [1.807, 2.05) is 54.6 Å². The van der Waals surface area contributed by atoms with Crippen LogP contribution in [-0.4, -0.2) is 28.4 Å². The normalized spacial score (nSPS) is 12.8. The summed E-state index contributed by atoms with van der Waals surface area (Å²) in [4.78, 5) is 0. The van der Waals surface area contributed by atoms with E-state index in [1.165, 1.54) is 0 Å². The highest BCUT2D eigenvalue weighted by molar-refractivity contribution is 7.85. The smallest absolute Gasteiger partial charge is 0.264 e. The highest BCUT2D eigenvalue weighted by Gasteiger charge is 2.15. The Morgan fingerprint density at radius 3 is 2.18 bits per heavy atom. The molecule has 0 bridgehead atoms. The van der Waals surface area contributed by atoms with E-state index < -0.39 is 10.1 Å². The third kappa shape index (κ3) is 5.16. The first kappa shape index (κ1) is 16.5. The molecule has 0 heterocycles. The van der Waals surface area contributed by atoms with E-state index in [1.54, 1.807) is 7.11 Å². The van der Waals surface area contributed by atoms with Gasteiger partial charge in [-0.2, -0.15) is 8.42 Å². The van der Waals surface area contributed by atoms with Gasteiger partial charge in [-0.05, 0) is 29.7 Å². The minimum atomic E-state index is -3.45. The van der Waals surface area contributed by atoms with Crippen LogP contribution in [0, 0.1) is 0 Å². The van der Waals surface area contributed by atoms with Crippen molar-refractivity contribution < 1.29 is 17.3 Å². The van der Waals surface area contributed by atoms with Gasteiger partial charge in [0.2, 0.25) is 0 Å². The molecule has 1 atom stereocenters. The first-order valence-electron chi connectivity index (χ1n) is 7.00. The summed E-state index contributed by atoms with van der Waals surface area (Å²) in [5.41, 5.74) is 2.16. The SMILES string of the molecule is COc1ccc(CC(COS(C)(=O)=O)c2ccccc2)cc1. The van der Waals surface area contributed by atoms with Crippen LogP contribution >= 0.6 is 0 Å². The summed E-state index contributed by atoms with van der Waals surface area (Å²) in [6.07, 6.45) is 1.77. The molecule has 0 spiro atoms.